The van der Waals surface area contributed by atoms with E-state index in [-0.39, 0.29) is 0 Å². The summed E-state index contributed by atoms with van der Waals surface area (Å²) in [5, 5.41) is 0. The minimum atomic E-state index is 0.579. The van der Waals surface area contributed by atoms with Crippen LogP contribution in [-0.4, -0.2) is 14.5 Å². The maximum atomic E-state index is 5.42. The van der Waals surface area contributed by atoms with Crippen molar-refractivity contribution in [1.29, 1.82) is 0 Å². The van der Waals surface area contributed by atoms with Crippen LogP contribution in [0.1, 0.15) is 17.0 Å². The third-order valence-corrected chi connectivity index (χ3v) is 4.26. The van der Waals surface area contributed by atoms with E-state index in [9.17, 15) is 0 Å². The molecule has 1 atom stereocenters. The van der Waals surface area contributed by atoms with Crippen molar-refractivity contribution in [1.82, 2.24) is 14.5 Å². The second kappa shape index (κ2) is 4.03. The van der Waals surface area contributed by atoms with Gasteiger partial charge in [-0.05, 0) is 35.8 Å². The van der Waals surface area contributed by atoms with Crippen LogP contribution < -0.4 is 0 Å². The van der Waals surface area contributed by atoms with Gasteiger partial charge in [0.05, 0.1) is 17.2 Å². The largest absolute Gasteiger partial charge is 0.329 e. The van der Waals surface area contributed by atoms with Gasteiger partial charge in [0.25, 0.3) is 0 Å². The van der Waals surface area contributed by atoms with Gasteiger partial charge in [-0.3, -0.25) is 4.98 Å². The van der Waals surface area contributed by atoms with Gasteiger partial charge in [0.1, 0.15) is 0 Å². The van der Waals surface area contributed by atoms with E-state index in [4.69, 9.17) is 12.2 Å². The summed E-state index contributed by atoms with van der Waals surface area (Å²) in [6.45, 7) is 0.944. The van der Waals surface area contributed by atoms with Gasteiger partial charge in [0, 0.05) is 18.7 Å². The molecule has 0 spiro atoms. The van der Waals surface area contributed by atoms with Crippen LogP contribution in [-0.2, 0) is 13.0 Å². The number of imidazole rings is 1. The molecule has 3 aromatic rings. The monoisotopic (exact) mass is 267 g/mol. The maximum Gasteiger partial charge on any atom is 0.178 e. The fraction of sp³-hybridized carbons (Fsp3) is 0.200. The Balaban J connectivity index is 1.74. The summed E-state index contributed by atoms with van der Waals surface area (Å²) in [4.78, 5) is 7.35. The Hall–Kier alpha value is -1.94. The van der Waals surface area contributed by atoms with Gasteiger partial charge >= 0.3 is 0 Å². The van der Waals surface area contributed by atoms with Gasteiger partial charge in [0.2, 0.25) is 0 Å². The van der Waals surface area contributed by atoms with Gasteiger partial charge in [0.15, 0.2) is 4.77 Å². The Morgan fingerprint density at radius 1 is 1.32 bits per heavy atom. The molecule has 94 valence electrons. The Morgan fingerprint density at radius 2 is 2.21 bits per heavy atom. The number of fused-ring (bicyclic) bond motifs is 2. The van der Waals surface area contributed by atoms with Crippen LogP contribution in [0.4, 0.5) is 0 Å². The molecule has 1 aliphatic rings. The zero-order valence-corrected chi connectivity index (χ0v) is 11.2. The second-order valence-electron chi connectivity index (χ2n) is 5.03. The highest BCUT2D eigenvalue weighted by Crippen LogP contribution is 2.36. The van der Waals surface area contributed by atoms with Crippen LogP contribution in [0.15, 0.2) is 42.7 Å². The standard InChI is InChI=1S/C15H13N3S/c19-15-17-13-8-16-6-5-14(13)18(15)9-11-7-10-3-1-2-4-12(10)11/h1-6,8,11H,7,9H2,(H,17,19). The molecule has 3 nitrogen and oxygen atoms in total. The summed E-state index contributed by atoms with van der Waals surface area (Å²) in [5.41, 5.74) is 5.10. The first kappa shape index (κ1) is 10.9. The summed E-state index contributed by atoms with van der Waals surface area (Å²) < 4.78 is 2.97. The molecule has 0 saturated carbocycles. The molecule has 2 aromatic heterocycles. The Kier molecular flexibility index (Phi) is 2.32. The molecule has 0 saturated heterocycles. The van der Waals surface area contributed by atoms with Crippen LogP contribution in [0, 0.1) is 4.77 Å². The van der Waals surface area contributed by atoms with E-state index in [0.717, 1.165) is 28.8 Å². The number of aromatic nitrogens is 3. The topological polar surface area (TPSA) is 33.6 Å². The normalized spacial score (nSPS) is 17.2. The molecule has 1 N–H and O–H groups in total. The van der Waals surface area contributed by atoms with Crippen molar-refractivity contribution >= 4 is 23.3 Å². The van der Waals surface area contributed by atoms with Gasteiger partial charge in [-0.2, -0.15) is 0 Å². The third kappa shape index (κ3) is 1.64. The van der Waals surface area contributed by atoms with Gasteiger partial charge in [-0.1, -0.05) is 24.3 Å². The predicted molar refractivity (Wildman–Crippen MR) is 77.8 cm³/mol. The first-order valence-electron chi connectivity index (χ1n) is 6.43. The average Bonchev–Trinajstić information content (AvgIpc) is 2.72. The third-order valence-electron chi connectivity index (χ3n) is 3.94. The molecular weight excluding hydrogens is 254 g/mol. The van der Waals surface area contributed by atoms with Crippen LogP contribution in [0.25, 0.3) is 11.0 Å². The van der Waals surface area contributed by atoms with E-state index in [1.54, 1.807) is 0 Å². The van der Waals surface area contributed by atoms with E-state index >= 15 is 0 Å². The fourth-order valence-electron chi connectivity index (χ4n) is 2.94. The molecule has 0 fully saturated rings. The highest BCUT2D eigenvalue weighted by Gasteiger charge is 2.26. The molecule has 0 bridgehead atoms. The number of hydrogen-bond donors (Lipinski definition) is 1. The number of aromatic amines is 1. The number of hydrogen-bond acceptors (Lipinski definition) is 2. The summed E-state index contributed by atoms with van der Waals surface area (Å²) in [7, 11) is 0. The lowest BCUT2D eigenvalue weighted by atomic mass is 9.77. The number of rotatable bonds is 2. The maximum absolute atomic E-state index is 5.42. The lowest BCUT2D eigenvalue weighted by Gasteiger charge is -2.30. The fourth-order valence-corrected chi connectivity index (χ4v) is 3.22. The van der Waals surface area contributed by atoms with E-state index in [2.05, 4.69) is 38.8 Å². The summed E-state index contributed by atoms with van der Waals surface area (Å²) in [6.07, 6.45) is 4.79. The summed E-state index contributed by atoms with van der Waals surface area (Å²) in [5.74, 6) is 0.579. The molecule has 2 heterocycles. The zero-order valence-electron chi connectivity index (χ0n) is 10.3. The van der Waals surface area contributed by atoms with Crippen molar-refractivity contribution < 1.29 is 0 Å². The van der Waals surface area contributed by atoms with Crippen LogP contribution in [0.2, 0.25) is 0 Å². The molecule has 4 rings (SSSR count). The Labute approximate surface area is 115 Å². The molecule has 1 aliphatic carbocycles. The van der Waals surface area contributed by atoms with E-state index in [1.807, 2.05) is 18.5 Å². The van der Waals surface area contributed by atoms with Gasteiger partial charge < -0.3 is 9.55 Å². The summed E-state index contributed by atoms with van der Waals surface area (Å²) >= 11 is 5.42. The van der Waals surface area contributed by atoms with Gasteiger partial charge in [-0.25, -0.2) is 0 Å². The Morgan fingerprint density at radius 3 is 3.11 bits per heavy atom. The molecule has 0 aliphatic heterocycles. The molecule has 4 heteroatoms. The van der Waals surface area contributed by atoms with Crippen LogP contribution >= 0.6 is 12.2 Å². The van der Waals surface area contributed by atoms with Crippen LogP contribution in [0.3, 0.4) is 0 Å². The quantitative estimate of drug-likeness (QED) is 0.722. The molecule has 1 unspecified atom stereocenters. The number of H-pyrrole nitrogens is 1. The first-order chi connectivity index (χ1) is 9.33. The average molecular weight is 267 g/mol. The van der Waals surface area contributed by atoms with Crippen LogP contribution in [0.5, 0.6) is 0 Å². The molecular formula is C15H13N3S. The molecule has 19 heavy (non-hydrogen) atoms. The van der Waals surface area contributed by atoms with Crippen molar-refractivity contribution in [3.05, 3.63) is 58.6 Å². The van der Waals surface area contributed by atoms with E-state index in [1.165, 1.54) is 11.1 Å². The number of nitrogens with zero attached hydrogens (tertiary/aromatic N) is 2. The van der Waals surface area contributed by atoms with E-state index in [0.29, 0.717) is 5.92 Å². The van der Waals surface area contributed by atoms with Crippen molar-refractivity contribution in [2.75, 3.05) is 0 Å². The SMILES string of the molecule is S=c1[nH]c2cnccc2n1CC1Cc2ccccc21. The minimum absolute atomic E-state index is 0.579. The van der Waals surface area contributed by atoms with Gasteiger partial charge in [-0.15, -0.1) is 0 Å². The molecule has 0 amide bonds. The highest BCUT2D eigenvalue weighted by molar-refractivity contribution is 7.71. The first-order valence-corrected chi connectivity index (χ1v) is 6.84. The van der Waals surface area contributed by atoms with Crippen molar-refractivity contribution in [2.24, 2.45) is 0 Å². The number of nitrogens with one attached hydrogen (secondary N) is 1. The predicted octanol–water partition coefficient (Wildman–Crippen LogP) is 3.43. The van der Waals surface area contributed by atoms with E-state index < -0.39 is 0 Å². The van der Waals surface area contributed by atoms with Crippen molar-refractivity contribution in [3.8, 4) is 0 Å². The lowest BCUT2D eigenvalue weighted by molar-refractivity contribution is 0.513. The Bertz CT molecular complexity index is 815. The number of benzene rings is 1. The number of pyridine rings is 1. The smallest absolute Gasteiger partial charge is 0.178 e. The summed E-state index contributed by atoms with van der Waals surface area (Å²) in [6, 6.07) is 10.7. The molecule has 0 radical (unpaired) electrons. The minimum Gasteiger partial charge on any atom is -0.329 e. The molecule has 1 aromatic carbocycles. The van der Waals surface area contributed by atoms with Crippen molar-refractivity contribution in [2.45, 2.75) is 18.9 Å². The zero-order chi connectivity index (χ0) is 12.8. The van der Waals surface area contributed by atoms with Crippen molar-refractivity contribution in [3.63, 3.8) is 0 Å². The second-order valence-corrected chi connectivity index (χ2v) is 5.42. The lowest BCUT2D eigenvalue weighted by Crippen LogP contribution is -2.21. The highest BCUT2D eigenvalue weighted by atomic mass is 32.1.